The second-order valence-corrected chi connectivity index (χ2v) is 2.83. The highest BCUT2D eigenvalue weighted by atomic mass is 16.4. The third-order valence-electron chi connectivity index (χ3n) is 1.47. The molecule has 0 saturated carbocycles. The number of carbonyl (C=O) groups is 3. The molecule has 4 heteroatoms. The number of Topliss-reactive ketones (excluding diaryl/α,β-unsaturated/α-hetero) is 2. The lowest BCUT2D eigenvalue weighted by Crippen LogP contribution is -2.31. The molecule has 0 aromatic carbocycles. The molecule has 0 rings (SSSR count). The molecule has 0 unspecified atom stereocenters. The molecule has 0 N–H and O–H groups in total. The molecular formula is C8H11O4-. The maximum atomic E-state index is 10.9. The van der Waals surface area contributed by atoms with Crippen LogP contribution in [0, 0.1) is 5.92 Å². The first-order chi connectivity index (χ1) is 5.45. The molecule has 4 nitrogen and oxygen atoms in total. The third kappa shape index (κ3) is 3.85. The Kier molecular flexibility index (Phi) is 4.18. The quantitative estimate of drug-likeness (QED) is 0.513. The summed E-state index contributed by atoms with van der Waals surface area (Å²) in [6.45, 7) is 3.40. The minimum Gasteiger partial charge on any atom is -0.542 e. The number of aliphatic carboxylic acids is 1. The van der Waals surface area contributed by atoms with Gasteiger partial charge in [0.2, 0.25) is 0 Å². The van der Waals surface area contributed by atoms with Crippen LogP contribution in [0.15, 0.2) is 0 Å². The zero-order chi connectivity index (χ0) is 9.72. The summed E-state index contributed by atoms with van der Waals surface area (Å²) in [7, 11) is 0. The standard InChI is InChI=1S/C8H12O4/c1-5(2)6(9)3-4-7(10)8(11)12/h5H,3-4H2,1-2H3,(H,11,12)/p-1. The molecule has 0 aromatic rings. The molecule has 0 spiro atoms. The van der Waals surface area contributed by atoms with E-state index in [-0.39, 0.29) is 24.5 Å². The first-order valence-electron chi connectivity index (χ1n) is 3.72. The van der Waals surface area contributed by atoms with E-state index in [1.165, 1.54) is 0 Å². The fourth-order valence-electron chi connectivity index (χ4n) is 0.627. The molecule has 68 valence electrons. The summed E-state index contributed by atoms with van der Waals surface area (Å²) in [5.74, 6) is -2.99. The molecule has 0 amide bonds. The van der Waals surface area contributed by atoms with E-state index in [2.05, 4.69) is 0 Å². The van der Waals surface area contributed by atoms with Gasteiger partial charge in [0.25, 0.3) is 0 Å². The van der Waals surface area contributed by atoms with E-state index in [0.717, 1.165) is 0 Å². The molecule has 0 radical (unpaired) electrons. The highest BCUT2D eigenvalue weighted by Gasteiger charge is 2.10. The molecule has 0 aliphatic heterocycles. The van der Waals surface area contributed by atoms with Gasteiger partial charge < -0.3 is 9.90 Å². The van der Waals surface area contributed by atoms with Crippen molar-refractivity contribution < 1.29 is 19.5 Å². The van der Waals surface area contributed by atoms with Gasteiger partial charge in [-0.3, -0.25) is 9.59 Å². The van der Waals surface area contributed by atoms with Crippen molar-refractivity contribution in [2.75, 3.05) is 0 Å². The van der Waals surface area contributed by atoms with Crippen LogP contribution in [0.4, 0.5) is 0 Å². The average molecular weight is 171 g/mol. The lowest BCUT2D eigenvalue weighted by molar-refractivity contribution is -0.300. The maximum absolute atomic E-state index is 10.9. The van der Waals surface area contributed by atoms with Gasteiger partial charge in [-0.25, -0.2) is 0 Å². The van der Waals surface area contributed by atoms with Crippen molar-refractivity contribution >= 4 is 17.5 Å². The summed E-state index contributed by atoms with van der Waals surface area (Å²) in [5, 5.41) is 9.91. The molecule has 0 aliphatic rings. The van der Waals surface area contributed by atoms with Gasteiger partial charge in [0.15, 0.2) is 5.78 Å². The molecule has 0 aromatic heterocycles. The number of carboxylic acids is 1. The Morgan fingerprint density at radius 1 is 1.17 bits per heavy atom. The van der Waals surface area contributed by atoms with Crippen molar-refractivity contribution in [2.45, 2.75) is 26.7 Å². The van der Waals surface area contributed by atoms with Crippen molar-refractivity contribution in [3.8, 4) is 0 Å². The van der Waals surface area contributed by atoms with Crippen LogP contribution in [0.5, 0.6) is 0 Å². The summed E-state index contributed by atoms with van der Waals surface area (Å²) in [6.07, 6.45) is -0.260. The average Bonchev–Trinajstić information content (AvgIpc) is 1.98. The number of carboxylic acid groups (broad SMARTS) is 1. The van der Waals surface area contributed by atoms with Crippen molar-refractivity contribution in [2.24, 2.45) is 5.92 Å². The second-order valence-electron chi connectivity index (χ2n) is 2.83. The first-order valence-corrected chi connectivity index (χ1v) is 3.72. The van der Waals surface area contributed by atoms with Crippen LogP contribution < -0.4 is 5.11 Å². The Labute approximate surface area is 70.6 Å². The summed E-state index contributed by atoms with van der Waals surface area (Å²) in [6, 6.07) is 0. The van der Waals surface area contributed by atoms with Gasteiger partial charge in [-0.15, -0.1) is 0 Å². The van der Waals surface area contributed by atoms with E-state index in [0.29, 0.717) is 0 Å². The number of carbonyl (C=O) groups excluding carboxylic acids is 3. The Balaban J connectivity index is 3.77. The SMILES string of the molecule is CC(C)C(=O)CCC(=O)C(=O)[O-]. The first kappa shape index (κ1) is 10.8. The third-order valence-corrected chi connectivity index (χ3v) is 1.47. The predicted octanol–water partition coefficient (Wildman–Crippen LogP) is -0.689. The van der Waals surface area contributed by atoms with E-state index in [9.17, 15) is 19.5 Å². The van der Waals surface area contributed by atoms with Crippen LogP contribution in [0.3, 0.4) is 0 Å². The second kappa shape index (κ2) is 4.64. The number of ketones is 2. The summed E-state index contributed by atoms with van der Waals surface area (Å²) >= 11 is 0. The largest absolute Gasteiger partial charge is 0.542 e. The predicted molar refractivity (Wildman–Crippen MR) is 39.1 cm³/mol. The van der Waals surface area contributed by atoms with Crippen molar-refractivity contribution in [1.29, 1.82) is 0 Å². The molecule has 0 fully saturated rings. The fraction of sp³-hybridized carbons (Fsp3) is 0.625. The maximum Gasteiger partial charge on any atom is 0.178 e. The number of hydrogen-bond donors (Lipinski definition) is 0. The van der Waals surface area contributed by atoms with Gasteiger partial charge in [-0.1, -0.05) is 13.8 Å². The Morgan fingerprint density at radius 3 is 2.00 bits per heavy atom. The number of hydrogen-bond acceptors (Lipinski definition) is 4. The molecule has 12 heavy (non-hydrogen) atoms. The van der Waals surface area contributed by atoms with Gasteiger partial charge >= 0.3 is 0 Å². The smallest absolute Gasteiger partial charge is 0.178 e. The van der Waals surface area contributed by atoms with E-state index in [1.54, 1.807) is 13.8 Å². The van der Waals surface area contributed by atoms with Gasteiger partial charge in [0.1, 0.15) is 11.8 Å². The van der Waals surface area contributed by atoms with Gasteiger partial charge in [0.05, 0.1) is 0 Å². The summed E-state index contributed by atoms with van der Waals surface area (Å²) in [5.41, 5.74) is 0. The van der Waals surface area contributed by atoms with Crippen molar-refractivity contribution in [3.05, 3.63) is 0 Å². The highest BCUT2D eigenvalue weighted by Crippen LogP contribution is 2.01. The van der Waals surface area contributed by atoms with E-state index in [4.69, 9.17) is 0 Å². The molecular weight excluding hydrogens is 160 g/mol. The molecule has 0 saturated heterocycles. The van der Waals surface area contributed by atoms with Crippen LogP contribution in [0.1, 0.15) is 26.7 Å². The van der Waals surface area contributed by atoms with Crippen LogP contribution >= 0.6 is 0 Å². The summed E-state index contributed by atoms with van der Waals surface area (Å²) < 4.78 is 0. The van der Waals surface area contributed by atoms with Gasteiger partial charge in [-0.2, -0.15) is 0 Å². The van der Waals surface area contributed by atoms with Gasteiger partial charge in [-0.05, 0) is 0 Å². The monoisotopic (exact) mass is 171 g/mol. The summed E-state index contributed by atoms with van der Waals surface area (Å²) in [4.78, 5) is 31.3. The zero-order valence-electron chi connectivity index (χ0n) is 7.12. The normalized spacial score (nSPS) is 9.92. The zero-order valence-corrected chi connectivity index (χ0v) is 7.12. The minimum absolute atomic E-state index is 0.00944. The van der Waals surface area contributed by atoms with E-state index < -0.39 is 11.8 Å². The van der Waals surface area contributed by atoms with Crippen LogP contribution in [0.2, 0.25) is 0 Å². The Hall–Kier alpha value is -1.19. The van der Waals surface area contributed by atoms with E-state index in [1.807, 2.05) is 0 Å². The van der Waals surface area contributed by atoms with Gasteiger partial charge in [0, 0.05) is 18.8 Å². The van der Waals surface area contributed by atoms with Crippen molar-refractivity contribution in [3.63, 3.8) is 0 Å². The molecule has 0 bridgehead atoms. The minimum atomic E-state index is -1.72. The van der Waals surface area contributed by atoms with Crippen molar-refractivity contribution in [1.82, 2.24) is 0 Å². The van der Waals surface area contributed by atoms with Crippen LogP contribution in [0.25, 0.3) is 0 Å². The molecule has 0 aliphatic carbocycles. The molecule has 0 atom stereocenters. The topological polar surface area (TPSA) is 74.3 Å². The Morgan fingerprint density at radius 2 is 1.67 bits per heavy atom. The van der Waals surface area contributed by atoms with Crippen LogP contribution in [-0.4, -0.2) is 17.5 Å². The lowest BCUT2D eigenvalue weighted by atomic mass is 10.0. The lowest BCUT2D eigenvalue weighted by Gasteiger charge is -2.03. The number of rotatable bonds is 5. The molecule has 0 heterocycles. The fourth-order valence-corrected chi connectivity index (χ4v) is 0.627. The Bertz CT molecular complexity index is 205. The highest BCUT2D eigenvalue weighted by molar-refractivity contribution is 6.31. The van der Waals surface area contributed by atoms with E-state index >= 15 is 0 Å². The van der Waals surface area contributed by atoms with Crippen LogP contribution in [-0.2, 0) is 14.4 Å².